The predicted molar refractivity (Wildman–Crippen MR) is 110 cm³/mol. The number of hydrogen-bond acceptors (Lipinski definition) is 4. The van der Waals surface area contributed by atoms with Gasteiger partial charge < -0.3 is 20.4 Å². The predicted octanol–water partition coefficient (Wildman–Crippen LogP) is 5.71. The quantitative estimate of drug-likeness (QED) is 0.438. The first kappa shape index (κ1) is 20.2. The molecular formula is C23H26O4. The average molecular weight is 366 g/mol. The van der Waals surface area contributed by atoms with Gasteiger partial charge >= 0.3 is 0 Å². The topological polar surface area (TPSA) is 80.9 Å². The van der Waals surface area contributed by atoms with E-state index in [2.05, 4.69) is 0 Å². The van der Waals surface area contributed by atoms with E-state index in [4.69, 9.17) is 0 Å². The molecule has 0 aliphatic carbocycles. The highest BCUT2D eigenvalue weighted by molar-refractivity contribution is 5.90. The Hall–Kier alpha value is -3.14. The lowest BCUT2D eigenvalue weighted by Crippen LogP contribution is -1.91. The van der Waals surface area contributed by atoms with Crippen LogP contribution < -0.4 is 0 Å². The zero-order valence-corrected chi connectivity index (χ0v) is 15.3. The summed E-state index contributed by atoms with van der Waals surface area (Å²) in [5, 5.41) is 40.7. The Bertz CT molecular complexity index is 973. The molecule has 0 aromatic heterocycles. The third-order valence-electron chi connectivity index (χ3n) is 4.74. The molecule has 4 nitrogen and oxygen atoms in total. The lowest BCUT2D eigenvalue weighted by atomic mass is 9.90. The minimum Gasteiger partial charge on any atom is -0.507 e. The summed E-state index contributed by atoms with van der Waals surface area (Å²) in [6.07, 6.45) is 0. The molecule has 3 rings (SSSR count). The maximum Gasteiger partial charge on any atom is 0.166 e. The number of aryl methyl sites for hydroxylation is 4. The smallest absolute Gasteiger partial charge is 0.166 e. The molecule has 0 spiro atoms. The van der Waals surface area contributed by atoms with E-state index in [1.165, 1.54) is 6.07 Å². The van der Waals surface area contributed by atoms with Crippen LogP contribution in [0.25, 0.3) is 22.3 Å². The SMILES string of the molecule is C.Cc1cc(-c2ccc(O)c(O)c2-c2cc(C)c(O)c(C)c2)cc(C)c1O. The van der Waals surface area contributed by atoms with Gasteiger partial charge in [0.25, 0.3) is 0 Å². The van der Waals surface area contributed by atoms with Crippen molar-refractivity contribution >= 4 is 0 Å². The van der Waals surface area contributed by atoms with E-state index in [0.717, 1.165) is 22.3 Å². The molecule has 0 amide bonds. The number of phenols is 4. The van der Waals surface area contributed by atoms with Crippen LogP contribution in [-0.4, -0.2) is 20.4 Å². The Morgan fingerprint density at radius 2 is 0.963 bits per heavy atom. The first-order valence-corrected chi connectivity index (χ1v) is 8.36. The molecule has 142 valence electrons. The molecule has 0 bridgehead atoms. The van der Waals surface area contributed by atoms with E-state index in [-0.39, 0.29) is 30.4 Å². The number of phenolic OH excluding ortho intramolecular Hbond substituents is 4. The average Bonchev–Trinajstić information content (AvgIpc) is 2.59. The van der Waals surface area contributed by atoms with Crippen LogP contribution in [0.5, 0.6) is 23.0 Å². The zero-order chi connectivity index (χ0) is 19.2. The molecule has 27 heavy (non-hydrogen) atoms. The van der Waals surface area contributed by atoms with Crippen molar-refractivity contribution in [2.24, 2.45) is 0 Å². The summed E-state index contributed by atoms with van der Waals surface area (Å²) < 4.78 is 0. The Labute approximate surface area is 160 Å². The van der Waals surface area contributed by atoms with Crippen LogP contribution in [0, 0.1) is 27.7 Å². The van der Waals surface area contributed by atoms with Crippen molar-refractivity contribution in [2.45, 2.75) is 35.1 Å². The molecule has 0 heterocycles. The van der Waals surface area contributed by atoms with E-state index in [1.807, 2.05) is 26.0 Å². The highest BCUT2D eigenvalue weighted by Gasteiger charge is 2.18. The third kappa shape index (κ3) is 3.43. The van der Waals surface area contributed by atoms with Gasteiger partial charge in [0.05, 0.1) is 0 Å². The zero-order valence-electron chi connectivity index (χ0n) is 15.3. The van der Waals surface area contributed by atoms with Gasteiger partial charge in [0.1, 0.15) is 11.5 Å². The molecule has 0 unspecified atom stereocenters. The largest absolute Gasteiger partial charge is 0.507 e. The fourth-order valence-corrected chi connectivity index (χ4v) is 3.32. The molecule has 4 N–H and O–H groups in total. The minimum absolute atomic E-state index is 0. The molecule has 0 saturated carbocycles. The van der Waals surface area contributed by atoms with E-state index in [0.29, 0.717) is 22.3 Å². The summed E-state index contributed by atoms with van der Waals surface area (Å²) in [7, 11) is 0. The first-order valence-electron chi connectivity index (χ1n) is 8.36. The number of aromatic hydroxyl groups is 4. The van der Waals surface area contributed by atoms with E-state index >= 15 is 0 Å². The Morgan fingerprint density at radius 1 is 0.556 bits per heavy atom. The normalized spacial score (nSPS) is 10.5. The standard InChI is InChI=1S/C22H22O4.CH4/c1-11-7-15(8-12(2)20(11)24)17-5-6-18(23)22(26)19(17)16-9-13(3)21(25)14(4)10-16;/h5-10,23-26H,1-4H3;1H4. The van der Waals surface area contributed by atoms with Gasteiger partial charge in [-0.25, -0.2) is 0 Å². The lowest BCUT2D eigenvalue weighted by Gasteiger charge is -2.17. The highest BCUT2D eigenvalue weighted by atomic mass is 16.3. The molecule has 0 radical (unpaired) electrons. The molecule has 0 aliphatic heterocycles. The molecule has 3 aromatic carbocycles. The molecule has 4 heteroatoms. The van der Waals surface area contributed by atoms with Crippen molar-refractivity contribution in [3.63, 3.8) is 0 Å². The Balaban J connectivity index is 0.00000261. The second-order valence-electron chi connectivity index (χ2n) is 6.77. The Morgan fingerprint density at radius 3 is 1.41 bits per heavy atom. The summed E-state index contributed by atoms with van der Waals surface area (Å²) >= 11 is 0. The third-order valence-corrected chi connectivity index (χ3v) is 4.74. The van der Waals surface area contributed by atoms with Crippen LogP contribution in [0.2, 0.25) is 0 Å². The minimum atomic E-state index is -0.213. The Kier molecular flexibility index (Phi) is 5.41. The van der Waals surface area contributed by atoms with Crippen LogP contribution in [-0.2, 0) is 0 Å². The van der Waals surface area contributed by atoms with Crippen LogP contribution in [0.1, 0.15) is 29.7 Å². The molecule has 0 saturated heterocycles. The van der Waals surface area contributed by atoms with Gasteiger partial charge in [-0.2, -0.15) is 0 Å². The van der Waals surface area contributed by atoms with Gasteiger partial charge in [-0.15, -0.1) is 0 Å². The second-order valence-corrected chi connectivity index (χ2v) is 6.77. The van der Waals surface area contributed by atoms with E-state index in [9.17, 15) is 20.4 Å². The van der Waals surface area contributed by atoms with Crippen molar-refractivity contribution in [3.8, 4) is 45.3 Å². The van der Waals surface area contributed by atoms with Gasteiger partial charge in [0.15, 0.2) is 11.5 Å². The van der Waals surface area contributed by atoms with E-state index in [1.54, 1.807) is 32.0 Å². The molecule has 0 fully saturated rings. The number of hydrogen-bond donors (Lipinski definition) is 4. The van der Waals surface area contributed by atoms with Crippen LogP contribution in [0.3, 0.4) is 0 Å². The fourth-order valence-electron chi connectivity index (χ4n) is 3.32. The van der Waals surface area contributed by atoms with Crippen molar-refractivity contribution in [1.82, 2.24) is 0 Å². The van der Waals surface area contributed by atoms with Gasteiger partial charge in [-0.05, 0) is 103 Å². The van der Waals surface area contributed by atoms with Crippen molar-refractivity contribution < 1.29 is 20.4 Å². The maximum atomic E-state index is 10.6. The van der Waals surface area contributed by atoms with Gasteiger partial charge in [0, 0.05) is 5.56 Å². The number of benzene rings is 3. The summed E-state index contributed by atoms with van der Waals surface area (Å²) in [4.78, 5) is 0. The van der Waals surface area contributed by atoms with Gasteiger partial charge in [-0.3, -0.25) is 0 Å². The summed E-state index contributed by atoms with van der Waals surface area (Å²) in [6.45, 7) is 7.22. The molecular weight excluding hydrogens is 340 g/mol. The molecule has 3 aromatic rings. The number of rotatable bonds is 2. The van der Waals surface area contributed by atoms with E-state index < -0.39 is 0 Å². The summed E-state index contributed by atoms with van der Waals surface area (Å²) in [5.74, 6) is 0.0376. The fraction of sp³-hybridized carbons (Fsp3) is 0.217. The van der Waals surface area contributed by atoms with Crippen LogP contribution >= 0.6 is 0 Å². The summed E-state index contributed by atoms with van der Waals surface area (Å²) in [6, 6.07) is 10.4. The van der Waals surface area contributed by atoms with Crippen molar-refractivity contribution in [3.05, 3.63) is 58.7 Å². The summed E-state index contributed by atoms with van der Waals surface area (Å²) in [5.41, 5.74) is 5.58. The van der Waals surface area contributed by atoms with Crippen LogP contribution in [0.15, 0.2) is 36.4 Å². The van der Waals surface area contributed by atoms with Gasteiger partial charge in [-0.1, -0.05) is 7.43 Å². The molecule has 0 atom stereocenters. The first-order chi connectivity index (χ1) is 12.2. The van der Waals surface area contributed by atoms with Gasteiger partial charge in [0.2, 0.25) is 0 Å². The van der Waals surface area contributed by atoms with Crippen molar-refractivity contribution in [1.29, 1.82) is 0 Å². The lowest BCUT2D eigenvalue weighted by molar-refractivity contribution is 0.405. The highest BCUT2D eigenvalue weighted by Crippen LogP contribution is 2.45. The second kappa shape index (κ2) is 7.23. The van der Waals surface area contributed by atoms with Crippen molar-refractivity contribution in [2.75, 3.05) is 0 Å². The monoisotopic (exact) mass is 366 g/mol. The van der Waals surface area contributed by atoms with Crippen LogP contribution in [0.4, 0.5) is 0 Å². The maximum absolute atomic E-state index is 10.6. The molecule has 0 aliphatic rings.